The van der Waals surface area contributed by atoms with E-state index in [0.29, 0.717) is 19.5 Å². The van der Waals surface area contributed by atoms with Crippen LogP contribution in [0, 0.1) is 11.6 Å². The molecule has 0 aliphatic carbocycles. The number of nitrogens with one attached hydrogen (secondary N) is 2. The average molecular weight is 327 g/mol. The van der Waals surface area contributed by atoms with Gasteiger partial charge in [0.15, 0.2) is 11.6 Å². The molecule has 0 saturated carbocycles. The number of urea groups is 1. The van der Waals surface area contributed by atoms with Gasteiger partial charge in [0.1, 0.15) is 5.69 Å². The van der Waals surface area contributed by atoms with Crippen LogP contribution in [-0.4, -0.2) is 36.4 Å². The summed E-state index contributed by atoms with van der Waals surface area (Å²) in [4.78, 5) is 13.6. The molecule has 1 heterocycles. The summed E-state index contributed by atoms with van der Waals surface area (Å²) in [5, 5.41) is 14.0. The molecule has 0 atom stereocenters. The van der Waals surface area contributed by atoms with Gasteiger partial charge in [-0.3, -0.25) is 0 Å². The maximum atomic E-state index is 14.2. The zero-order valence-electron chi connectivity index (χ0n) is 13.5. The number of aliphatic hydroxyl groups is 1. The second kappa shape index (κ2) is 7.12. The Bertz CT molecular complexity index is 549. The third-order valence-electron chi connectivity index (χ3n) is 3.89. The van der Waals surface area contributed by atoms with Crippen LogP contribution < -0.4 is 15.5 Å². The molecule has 1 aliphatic heterocycles. The molecule has 7 heteroatoms. The molecular weight excluding hydrogens is 304 g/mol. The van der Waals surface area contributed by atoms with Gasteiger partial charge in [-0.2, -0.15) is 0 Å². The second-order valence-corrected chi connectivity index (χ2v) is 6.42. The molecule has 3 N–H and O–H groups in total. The van der Waals surface area contributed by atoms with Gasteiger partial charge in [-0.05, 0) is 45.2 Å². The van der Waals surface area contributed by atoms with Crippen molar-refractivity contribution in [1.82, 2.24) is 5.32 Å². The first-order valence-electron chi connectivity index (χ1n) is 7.76. The van der Waals surface area contributed by atoms with E-state index in [0.717, 1.165) is 25.0 Å². The van der Waals surface area contributed by atoms with Crippen molar-refractivity contribution < 1.29 is 18.7 Å². The Kier molecular flexibility index (Phi) is 5.41. The van der Waals surface area contributed by atoms with E-state index in [9.17, 15) is 13.6 Å². The smallest absolute Gasteiger partial charge is 0.319 e. The molecule has 0 aromatic heterocycles. The van der Waals surface area contributed by atoms with Gasteiger partial charge < -0.3 is 20.6 Å². The van der Waals surface area contributed by atoms with Crippen LogP contribution in [0.5, 0.6) is 0 Å². The first-order valence-corrected chi connectivity index (χ1v) is 7.76. The van der Waals surface area contributed by atoms with Gasteiger partial charge in [0.2, 0.25) is 0 Å². The Balaban J connectivity index is 2.08. The number of carbonyl (C=O) groups is 1. The number of aliphatic hydroxyl groups excluding tert-OH is 1. The van der Waals surface area contributed by atoms with E-state index in [-0.39, 0.29) is 18.0 Å². The number of carbonyl (C=O) groups excluding carboxylic acids is 1. The molecule has 1 fully saturated rings. The van der Waals surface area contributed by atoms with E-state index in [1.165, 1.54) is 0 Å². The minimum atomic E-state index is -0.684. The summed E-state index contributed by atoms with van der Waals surface area (Å²) in [6, 6.07) is 1.67. The lowest BCUT2D eigenvalue weighted by molar-refractivity contribution is 0.218. The van der Waals surface area contributed by atoms with Crippen LogP contribution >= 0.6 is 0 Å². The predicted octanol–water partition coefficient (Wildman–Crippen LogP) is 2.85. The molecule has 0 spiro atoms. The fourth-order valence-corrected chi connectivity index (χ4v) is 2.69. The number of halogens is 2. The van der Waals surface area contributed by atoms with Gasteiger partial charge in [0.25, 0.3) is 0 Å². The topological polar surface area (TPSA) is 64.6 Å². The highest BCUT2D eigenvalue weighted by molar-refractivity contribution is 5.90. The zero-order valence-corrected chi connectivity index (χ0v) is 13.5. The molecule has 1 aliphatic rings. The highest BCUT2D eigenvalue weighted by Gasteiger charge is 2.23. The second-order valence-electron chi connectivity index (χ2n) is 6.42. The Morgan fingerprint density at radius 3 is 2.35 bits per heavy atom. The van der Waals surface area contributed by atoms with E-state index >= 15 is 0 Å². The number of hydrogen-bond acceptors (Lipinski definition) is 3. The Labute approximate surface area is 134 Å². The lowest BCUT2D eigenvalue weighted by atomic mass is 10.0. The minimum Gasteiger partial charge on any atom is -0.396 e. The number of hydrogen-bond donors (Lipinski definition) is 3. The van der Waals surface area contributed by atoms with Crippen LogP contribution in [-0.2, 0) is 0 Å². The SMILES string of the molecule is CC(C)(CCO)NC(=O)Nc1cc(F)c(N2CCCC2)c(F)c1. The van der Waals surface area contributed by atoms with E-state index in [4.69, 9.17) is 5.11 Å². The molecule has 0 unspecified atom stereocenters. The Hall–Kier alpha value is -1.89. The van der Waals surface area contributed by atoms with Crippen molar-refractivity contribution in [2.24, 2.45) is 0 Å². The zero-order chi connectivity index (χ0) is 17.0. The predicted molar refractivity (Wildman–Crippen MR) is 85.7 cm³/mol. The van der Waals surface area contributed by atoms with Crippen molar-refractivity contribution in [3.05, 3.63) is 23.8 Å². The number of nitrogens with zero attached hydrogens (tertiary/aromatic N) is 1. The highest BCUT2D eigenvalue weighted by Crippen LogP contribution is 2.29. The molecular formula is C16H23F2N3O2. The lowest BCUT2D eigenvalue weighted by Crippen LogP contribution is -2.46. The minimum absolute atomic E-state index is 0.0333. The molecule has 23 heavy (non-hydrogen) atoms. The molecule has 5 nitrogen and oxygen atoms in total. The third kappa shape index (κ3) is 4.54. The summed E-state index contributed by atoms with van der Waals surface area (Å²) < 4.78 is 28.4. The Morgan fingerprint density at radius 1 is 1.26 bits per heavy atom. The molecule has 0 bridgehead atoms. The van der Waals surface area contributed by atoms with Crippen LogP contribution in [0.25, 0.3) is 0 Å². The first-order chi connectivity index (χ1) is 10.8. The van der Waals surface area contributed by atoms with Gasteiger partial charge in [0.05, 0.1) is 0 Å². The van der Waals surface area contributed by atoms with Gasteiger partial charge in [0, 0.05) is 30.9 Å². The van der Waals surface area contributed by atoms with E-state index in [2.05, 4.69) is 10.6 Å². The monoisotopic (exact) mass is 327 g/mol. The van der Waals surface area contributed by atoms with E-state index in [1.54, 1.807) is 18.7 Å². The summed E-state index contributed by atoms with van der Waals surface area (Å²) in [5.74, 6) is -1.37. The van der Waals surface area contributed by atoms with Crippen molar-refractivity contribution in [3.8, 4) is 0 Å². The van der Waals surface area contributed by atoms with Crippen LogP contribution in [0.4, 0.5) is 25.0 Å². The van der Waals surface area contributed by atoms with Crippen LogP contribution in [0.2, 0.25) is 0 Å². The van der Waals surface area contributed by atoms with Crippen molar-refractivity contribution in [2.45, 2.75) is 38.6 Å². The number of rotatable bonds is 5. The van der Waals surface area contributed by atoms with E-state index < -0.39 is 23.2 Å². The maximum Gasteiger partial charge on any atom is 0.319 e. The maximum absolute atomic E-state index is 14.2. The van der Waals surface area contributed by atoms with Gasteiger partial charge in [-0.1, -0.05) is 0 Å². The summed E-state index contributed by atoms with van der Waals surface area (Å²) in [6.45, 7) is 4.70. The molecule has 2 rings (SSSR count). The molecule has 1 saturated heterocycles. The quantitative estimate of drug-likeness (QED) is 0.779. The van der Waals surface area contributed by atoms with Crippen LogP contribution in [0.15, 0.2) is 12.1 Å². The normalized spacial score (nSPS) is 14.9. The Morgan fingerprint density at radius 2 is 1.83 bits per heavy atom. The average Bonchev–Trinajstić information content (AvgIpc) is 2.90. The van der Waals surface area contributed by atoms with Gasteiger partial charge in [-0.25, -0.2) is 13.6 Å². The fourth-order valence-electron chi connectivity index (χ4n) is 2.69. The largest absolute Gasteiger partial charge is 0.396 e. The van der Waals surface area contributed by atoms with Crippen molar-refractivity contribution >= 4 is 17.4 Å². The van der Waals surface area contributed by atoms with Crippen molar-refractivity contribution in [2.75, 3.05) is 29.9 Å². The number of anilines is 2. The standard InChI is InChI=1S/C16H23F2N3O2/c1-16(2,5-8-22)20-15(23)19-11-9-12(17)14(13(18)10-11)21-6-3-4-7-21/h9-10,22H,3-8H2,1-2H3,(H2,19,20,23). The van der Waals surface area contributed by atoms with E-state index in [1.807, 2.05) is 0 Å². The molecule has 1 aromatic rings. The molecule has 2 amide bonds. The third-order valence-corrected chi connectivity index (χ3v) is 3.89. The first kappa shape index (κ1) is 17.5. The summed E-state index contributed by atoms with van der Waals surface area (Å²) >= 11 is 0. The summed E-state index contributed by atoms with van der Waals surface area (Å²) in [5.41, 5.74) is -0.597. The lowest BCUT2D eigenvalue weighted by Gasteiger charge is -2.25. The summed E-state index contributed by atoms with van der Waals surface area (Å²) in [6.07, 6.45) is 2.21. The molecule has 1 aromatic carbocycles. The number of amides is 2. The number of benzene rings is 1. The van der Waals surface area contributed by atoms with Crippen LogP contribution in [0.1, 0.15) is 33.1 Å². The van der Waals surface area contributed by atoms with Crippen molar-refractivity contribution in [1.29, 1.82) is 0 Å². The van der Waals surface area contributed by atoms with Gasteiger partial charge >= 0.3 is 6.03 Å². The van der Waals surface area contributed by atoms with Crippen LogP contribution in [0.3, 0.4) is 0 Å². The van der Waals surface area contributed by atoms with Gasteiger partial charge in [-0.15, -0.1) is 0 Å². The molecule has 0 radical (unpaired) electrons. The summed E-state index contributed by atoms with van der Waals surface area (Å²) in [7, 11) is 0. The highest BCUT2D eigenvalue weighted by atomic mass is 19.1. The van der Waals surface area contributed by atoms with Crippen molar-refractivity contribution in [3.63, 3.8) is 0 Å². The fraction of sp³-hybridized carbons (Fsp3) is 0.562. The molecule has 128 valence electrons.